The van der Waals surface area contributed by atoms with E-state index in [1.165, 1.54) is 31.2 Å². The Morgan fingerprint density at radius 3 is 2.52 bits per heavy atom. The van der Waals surface area contributed by atoms with Crippen LogP contribution in [0.2, 0.25) is 5.02 Å². The Bertz CT molecular complexity index is 1150. The van der Waals surface area contributed by atoms with E-state index in [-0.39, 0.29) is 22.1 Å². The second-order valence-electron chi connectivity index (χ2n) is 5.40. The predicted octanol–water partition coefficient (Wildman–Crippen LogP) is 2.63. The summed E-state index contributed by atoms with van der Waals surface area (Å²) in [4.78, 5) is 11.6. The molecule has 0 fully saturated rings. The van der Waals surface area contributed by atoms with Gasteiger partial charge in [0.15, 0.2) is 5.69 Å². The highest BCUT2D eigenvalue weighted by atomic mass is 35.5. The Hall–Kier alpha value is -2.85. The Morgan fingerprint density at radius 2 is 1.85 bits per heavy atom. The minimum absolute atomic E-state index is 0.0274. The molecule has 0 bridgehead atoms. The van der Waals surface area contributed by atoms with E-state index in [0.29, 0.717) is 0 Å². The number of hydrogen-bond acceptors (Lipinski definition) is 5. The van der Waals surface area contributed by atoms with Crippen molar-refractivity contribution in [2.75, 3.05) is 0 Å². The Morgan fingerprint density at radius 1 is 1.15 bits per heavy atom. The Kier molecular flexibility index (Phi) is 4.94. The van der Waals surface area contributed by atoms with E-state index in [4.69, 9.17) is 11.6 Å². The summed E-state index contributed by atoms with van der Waals surface area (Å²) in [5.41, 5.74) is -0.304. The molecular formula is C16H11ClF2N4O3S. The third-order valence-corrected chi connectivity index (χ3v) is 5.20. The molecule has 0 aliphatic heterocycles. The number of rotatable bonds is 4. The molecule has 0 saturated carbocycles. The molecule has 0 aliphatic carbocycles. The van der Waals surface area contributed by atoms with Crippen molar-refractivity contribution in [2.45, 2.75) is 11.8 Å². The first-order valence-corrected chi connectivity index (χ1v) is 9.26. The van der Waals surface area contributed by atoms with Crippen LogP contribution in [0.1, 0.15) is 16.2 Å². The molecule has 140 valence electrons. The van der Waals surface area contributed by atoms with Gasteiger partial charge in [0, 0.05) is 5.02 Å². The van der Waals surface area contributed by atoms with Gasteiger partial charge in [0.05, 0.1) is 5.69 Å². The molecule has 1 heterocycles. The fourth-order valence-electron chi connectivity index (χ4n) is 2.31. The van der Waals surface area contributed by atoms with Crippen molar-refractivity contribution in [1.82, 2.24) is 19.7 Å². The average molecular weight is 413 g/mol. The van der Waals surface area contributed by atoms with Gasteiger partial charge in [0.25, 0.3) is 15.9 Å². The first-order valence-electron chi connectivity index (χ1n) is 7.40. The van der Waals surface area contributed by atoms with Gasteiger partial charge in [-0.1, -0.05) is 28.9 Å². The van der Waals surface area contributed by atoms with E-state index in [2.05, 4.69) is 10.3 Å². The van der Waals surface area contributed by atoms with E-state index in [1.807, 2.05) is 0 Å². The van der Waals surface area contributed by atoms with Gasteiger partial charge in [-0.2, -0.15) is 0 Å². The number of hydrogen-bond donors (Lipinski definition) is 1. The number of nitrogens with zero attached hydrogens (tertiary/aromatic N) is 3. The van der Waals surface area contributed by atoms with E-state index in [9.17, 15) is 22.0 Å². The first kappa shape index (κ1) is 18.9. The molecule has 2 aromatic carbocycles. The largest absolute Gasteiger partial charge is 0.287 e. The molecule has 0 saturated heterocycles. The summed E-state index contributed by atoms with van der Waals surface area (Å²) in [5, 5.41) is 7.44. The second kappa shape index (κ2) is 7.05. The molecule has 1 amide bonds. The molecule has 0 spiro atoms. The summed E-state index contributed by atoms with van der Waals surface area (Å²) in [6, 6.07) is 8.39. The molecule has 27 heavy (non-hydrogen) atoms. The lowest BCUT2D eigenvalue weighted by Gasteiger charge is -2.07. The molecule has 1 aromatic heterocycles. The van der Waals surface area contributed by atoms with Gasteiger partial charge >= 0.3 is 0 Å². The van der Waals surface area contributed by atoms with E-state index in [1.54, 1.807) is 4.72 Å². The van der Waals surface area contributed by atoms with Crippen LogP contribution in [0, 0.1) is 18.6 Å². The van der Waals surface area contributed by atoms with Crippen molar-refractivity contribution >= 4 is 27.5 Å². The van der Waals surface area contributed by atoms with Crippen LogP contribution in [0.5, 0.6) is 0 Å². The molecule has 1 N–H and O–H groups in total. The number of amides is 1. The lowest BCUT2D eigenvalue weighted by Crippen LogP contribution is -2.32. The fraction of sp³-hybridized carbons (Fsp3) is 0.0625. The minimum Gasteiger partial charge on any atom is -0.266 e. The van der Waals surface area contributed by atoms with Crippen LogP contribution in [-0.2, 0) is 10.0 Å². The standard InChI is InChI=1S/C16H11ClF2N4O3S/c1-9-15(20-22-23(9)13-7-6-10(17)8-12(13)19)16(24)21-27(25,26)14-5-3-2-4-11(14)18/h2-8H,1H3,(H,21,24). The van der Waals surface area contributed by atoms with Gasteiger partial charge in [-0.15, -0.1) is 5.10 Å². The zero-order valence-corrected chi connectivity index (χ0v) is 15.2. The maximum Gasteiger partial charge on any atom is 0.287 e. The lowest BCUT2D eigenvalue weighted by molar-refractivity contribution is 0.0976. The monoisotopic (exact) mass is 412 g/mol. The molecule has 0 atom stereocenters. The highest BCUT2D eigenvalue weighted by Gasteiger charge is 2.26. The lowest BCUT2D eigenvalue weighted by atomic mass is 10.2. The van der Waals surface area contributed by atoms with Crippen molar-refractivity contribution in [2.24, 2.45) is 0 Å². The predicted molar refractivity (Wildman–Crippen MR) is 92.1 cm³/mol. The minimum atomic E-state index is -4.47. The summed E-state index contributed by atoms with van der Waals surface area (Å²) in [6.07, 6.45) is 0. The molecule has 3 rings (SSSR count). The summed E-state index contributed by atoms with van der Waals surface area (Å²) < 4.78 is 54.9. The number of carbonyl (C=O) groups is 1. The molecule has 3 aromatic rings. The second-order valence-corrected chi connectivity index (χ2v) is 7.48. The molecule has 7 nitrogen and oxygen atoms in total. The summed E-state index contributed by atoms with van der Waals surface area (Å²) in [7, 11) is -4.47. The molecule has 0 aliphatic rings. The number of halogens is 3. The summed E-state index contributed by atoms with van der Waals surface area (Å²) in [6.45, 7) is 1.40. The van der Waals surface area contributed by atoms with E-state index < -0.39 is 32.5 Å². The zero-order chi connectivity index (χ0) is 19.8. The van der Waals surface area contributed by atoms with Crippen molar-refractivity contribution in [3.63, 3.8) is 0 Å². The molecular weight excluding hydrogens is 402 g/mol. The van der Waals surface area contributed by atoms with Crippen LogP contribution < -0.4 is 4.72 Å². The van der Waals surface area contributed by atoms with E-state index in [0.717, 1.165) is 22.9 Å². The number of sulfonamides is 1. The van der Waals surface area contributed by atoms with Crippen LogP contribution in [0.3, 0.4) is 0 Å². The average Bonchev–Trinajstić information content (AvgIpc) is 2.96. The number of benzene rings is 2. The van der Waals surface area contributed by atoms with Crippen LogP contribution in [0.4, 0.5) is 8.78 Å². The van der Waals surface area contributed by atoms with E-state index >= 15 is 0 Å². The SMILES string of the molecule is Cc1c(C(=O)NS(=O)(=O)c2ccccc2F)nnn1-c1ccc(Cl)cc1F. The van der Waals surface area contributed by atoms with Crippen LogP contribution in [0.25, 0.3) is 5.69 Å². The summed E-state index contributed by atoms with van der Waals surface area (Å²) in [5.74, 6) is -2.85. The zero-order valence-electron chi connectivity index (χ0n) is 13.6. The van der Waals surface area contributed by atoms with Gasteiger partial charge in [-0.05, 0) is 37.3 Å². The Labute approximate surface area is 157 Å². The van der Waals surface area contributed by atoms with Crippen LogP contribution in [0.15, 0.2) is 47.4 Å². The third kappa shape index (κ3) is 3.67. The molecule has 0 unspecified atom stereocenters. The fourth-order valence-corrected chi connectivity index (χ4v) is 3.50. The quantitative estimate of drug-likeness (QED) is 0.711. The van der Waals surface area contributed by atoms with Crippen LogP contribution >= 0.6 is 11.6 Å². The third-order valence-electron chi connectivity index (χ3n) is 3.60. The van der Waals surface area contributed by atoms with Gasteiger partial charge in [0.2, 0.25) is 0 Å². The van der Waals surface area contributed by atoms with Gasteiger partial charge < -0.3 is 0 Å². The maximum atomic E-state index is 14.1. The number of carbonyl (C=O) groups excluding carboxylic acids is 1. The normalized spacial score (nSPS) is 11.4. The van der Waals surface area contributed by atoms with Crippen molar-refractivity contribution in [3.05, 3.63) is 70.5 Å². The highest BCUT2D eigenvalue weighted by molar-refractivity contribution is 7.90. The molecule has 0 radical (unpaired) electrons. The molecule has 11 heteroatoms. The van der Waals surface area contributed by atoms with Crippen molar-refractivity contribution in [1.29, 1.82) is 0 Å². The topological polar surface area (TPSA) is 93.9 Å². The maximum absolute atomic E-state index is 14.1. The number of nitrogens with one attached hydrogen (secondary N) is 1. The number of aromatic nitrogens is 3. The smallest absolute Gasteiger partial charge is 0.266 e. The van der Waals surface area contributed by atoms with Gasteiger partial charge in [0.1, 0.15) is 22.2 Å². The van der Waals surface area contributed by atoms with Gasteiger partial charge in [-0.25, -0.2) is 26.6 Å². The van der Waals surface area contributed by atoms with Crippen molar-refractivity contribution in [3.8, 4) is 5.69 Å². The highest BCUT2D eigenvalue weighted by Crippen LogP contribution is 2.20. The van der Waals surface area contributed by atoms with Crippen molar-refractivity contribution < 1.29 is 22.0 Å². The van der Waals surface area contributed by atoms with Crippen LogP contribution in [-0.4, -0.2) is 29.3 Å². The summed E-state index contributed by atoms with van der Waals surface area (Å²) >= 11 is 5.70. The van der Waals surface area contributed by atoms with Gasteiger partial charge in [-0.3, -0.25) is 4.79 Å². The Balaban J connectivity index is 1.93. The first-order chi connectivity index (χ1) is 12.7.